The third-order valence-corrected chi connectivity index (χ3v) is 4.12. The van der Waals surface area contributed by atoms with E-state index in [1.54, 1.807) is 18.2 Å². The van der Waals surface area contributed by atoms with E-state index in [2.05, 4.69) is 10.6 Å². The Bertz CT molecular complexity index is 594. The molecule has 0 saturated heterocycles. The zero-order valence-electron chi connectivity index (χ0n) is 13.2. The Kier molecular flexibility index (Phi) is 5.73. The van der Waals surface area contributed by atoms with Gasteiger partial charge in [-0.25, -0.2) is 4.79 Å². The van der Waals surface area contributed by atoms with Gasteiger partial charge in [-0.15, -0.1) is 0 Å². The van der Waals surface area contributed by atoms with Crippen LogP contribution in [-0.2, 0) is 9.59 Å². The minimum atomic E-state index is -0.997. The first-order valence-electron chi connectivity index (χ1n) is 7.88. The lowest BCUT2D eigenvalue weighted by molar-refractivity contribution is -0.141. The number of anilines is 1. The van der Waals surface area contributed by atoms with Gasteiger partial charge in [0.25, 0.3) is 5.91 Å². The molecule has 6 nitrogen and oxygen atoms in total. The molecule has 1 fully saturated rings. The fraction of sp³-hybridized carbons (Fsp3) is 0.471. The number of benzene rings is 1. The van der Waals surface area contributed by atoms with Crippen molar-refractivity contribution >= 4 is 23.5 Å². The van der Waals surface area contributed by atoms with Gasteiger partial charge in [-0.2, -0.15) is 0 Å². The Morgan fingerprint density at radius 2 is 1.87 bits per heavy atom. The molecule has 3 N–H and O–H groups in total. The van der Waals surface area contributed by atoms with Crippen LogP contribution in [0.15, 0.2) is 24.3 Å². The van der Waals surface area contributed by atoms with Gasteiger partial charge in [0, 0.05) is 18.2 Å². The van der Waals surface area contributed by atoms with Crippen LogP contribution in [0.2, 0.25) is 0 Å². The molecule has 1 aliphatic rings. The smallest absolute Gasteiger partial charge is 0.326 e. The van der Waals surface area contributed by atoms with Crippen LogP contribution in [0.25, 0.3) is 0 Å². The van der Waals surface area contributed by atoms with Crippen LogP contribution in [0.3, 0.4) is 0 Å². The third kappa shape index (κ3) is 4.81. The van der Waals surface area contributed by atoms with Crippen molar-refractivity contribution in [3.8, 4) is 0 Å². The fourth-order valence-corrected chi connectivity index (χ4v) is 3.01. The van der Waals surface area contributed by atoms with E-state index in [1.165, 1.54) is 13.0 Å². The molecule has 1 aromatic rings. The molecule has 1 aliphatic carbocycles. The zero-order chi connectivity index (χ0) is 16.8. The fourth-order valence-electron chi connectivity index (χ4n) is 3.01. The average Bonchev–Trinajstić information content (AvgIpc) is 2.52. The van der Waals surface area contributed by atoms with Crippen molar-refractivity contribution in [3.05, 3.63) is 29.8 Å². The van der Waals surface area contributed by atoms with Crippen LogP contribution in [0.1, 0.15) is 49.4 Å². The highest BCUT2D eigenvalue weighted by Gasteiger charge is 2.30. The highest BCUT2D eigenvalue weighted by molar-refractivity contribution is 5.98. The van der Waals surface area contributed by atoms with Gasteiger partial charge in [0.05, 0.1) is 0 Å². The summed E-state index contributed by atoms with van der Waals surface area (Å²) in [4.78, 5) is 34.9. The molecule has 23 heavy (non-hydrogen) atoms. The number of carbonyl (C=O) groups is 3. The molecular weight excluding hydrogens is 296 g/mol. The summed E-state index contributed by atoms with van der Waals surface area (Å²) in [5.41, 5.74) is 0.841. The second-order valence-electron chi connectivity index (χ2n) is 5.95. The van der Waals surface area contributed by atoms with Crippen LogP contribution in [0, 0.1) is 5.92 Å². The number of carbonyl (C=O) groups excluding carboxylic acids is 2. The number of amides is 2. The van der Waals surface area contributed by atoms with Crippen molar-refractivity contribution in [1.82, 2.24) is 5.32 Å². The molecule has 0 heterocycles. The average molecular weight is 318 g/mol. The Balaban J connectivity index is 2.09. The summed E-state index contributed by atoms with van der Waals surface area (Å²) in [7, 11) is 0. The van der Waals surface area contributed by atoms with Gasteiger partial charge in [-0.1, -0.05) is 25.3 Å². The lowest BCUT2D eigenvalue weighted by atomic mass is 9.84. The molecule has 1 atom stereocenters. The van der Waals surface area contributed by atoms with E-state index in [0.717, 1.165) is 32.1 Å². The van der Waals surface area contributed by atoms with Crippen LogP contribution in [0.5, 0.6) is 0 Å². The van der Waals surface area contributed by atoms with E-state index in [-0.39, 0.29) is 11.8 Å². The number of nitrogens with one attached hydrogen (secondary N) is 2. The number of hydrogen-bond acceptors (Lipinski definition) is 3. The van der Waals surface area contributed by atoms with E-state index >= 15 is 0 Å². The maximum atomic E-state index is 12.4. The molecule has 0 aliphatic heterocycles. The van der Waals surface area contributed by atoms with E-state index < -0.39 is 17.9 Å². The van der Waals surface area contributed by atoms with Gasteiger partial charge in [-0.05, 0) is 37.0 Å². The van der Waals surface area contributed by atoms with Crippen LogP contribution in [-0.4, -0.2) is 28.9 Å². The molecule has 2 rings (SSSR count). The minimum Gasteiger partial charge on any atom is -0.480 e. The quantitative estimate of drug-likeness (QED) is 0.777. The molecule has 0 unspecified atom stereocenters. The Morgan fingerprint density at radius 3 is 2.48 bits per heavy atom. The molecule has 2 amide bonds. The summed E-state index contributed by atoms with van der Waals surface area (Å²) in [6.07, 6.45) is 4.77. The first-order chi connectivity index (χ1) is 11.0. The number of hydrogen-bond donors (Lipinski definition) is 3. The van der Waals surface area contributed by atoms with Crippen molar-refractivity contribution in [2.24, 2.45) is 5.92 Å². The molecule has 0 aromatic heterocycles. The molecule has 0 spiro atoms. The Labute approximate surface area is 135 Å². The normalized spacial score (nSPS) is 16.4. The van der Waals surface area contributed by atoms with Gasteiger partial charge in [-0.3, -0.25) is 9.59 Å². The number of aliphatic carboxylic acids is 1. The highest BCUT2D eigenvalue weighted by atomic mass is 16.4. The van der Waals surface area contributed by atoms with Crippen molar-refractivity contribution < 1.29 is 19.5 Å². The van der Waals surface area contributed by atoms with Gasteiger partial charge >= 0.3 is 5.97 Å². The third-order valence-electron chi connectivity index (χ3n) is 4.12. The van der Waals surface area contributed by atoms with Crippen LogP contribution < -0.4 is 10.6 Å². The lowest BCUT2D eigenvalue weighted by Gasteiger charge is -2.28. The van der Waals surface area contributed by atoms with E-state index in [1.807, 2.05) is 0 Å². The minimum absolute atomic E-state index is 0.0243. The predicted octanol–water partition coefficient (Wildman–Crippen LogP) is 2.41. The van der Waals surface area contributed by atoms with E-state index in [0.29, 0.717) is 11.3 Å². The summed E-state index contributed by atoms with van der Waals surface area (Å²) >= 11 is 0. The summed E-state index contributed by atoms with van der Waals surface area (Å²) < 4.78 is 0. The standard InChI is InChI=1S/C17H22N2O4/c1-11(20)18-14-9-5-8-13(10-14)16(21)19-15(17(22)23)12-6-3-2-4-7-12/h5,8-10,12,15H,2-4,6-7H2,1H3,(H,18,20)(H,19,21)(H,22,23)/t15-/m1/s1. The predicted molar refractivity (Wildman–Crippen MR) is 86.2 cm³/mol. The number of carboxylic acids is 1. The van der Waals surface area contributed by atoms with Crippen molar-refractivity contribution in [1.29, 1.82) is 0 Å². The first kappa shape index (κ1) is 17.0. The largest absolute Gasteiger partial charge is 0.480 e. The van der Waals surface area contributed by atoms with Crippen molar-refractivity contribution in [2.45, 2.75) is 45.1 Å². The first-order valence-corrected chi connectivity index (χ1v) is 7.88. The lowest BCUT2D eigenvalue weighted by Crippen LogP contribution is -2.46. The molecule has 124 valence electrons. The van der Waals surface area contributed by atoms with E-state index in [9.17, 15) is 19.5 Å². The van der Waals surface area contributed by atoms with Crippen molar-refractivity contribution in [3.63, 3.8) is 0 Å². The van der Waals surface area contributed by atoms with Crippen molar-refractivity contribution in [2.75, 3.05) is 5.32 Å². The monoisotopic (exact) mass is 318 g/mol. The number of carboxylic acid groups (broad SMARTS) is 1. The second-order valence-corrected chi connectivity index (χ2v) is 5.95. The zero-order valence-corrected chi connectivity index (χ0v) is 13.2. The number of rotatable bonds is 5. The molecular formula is C17H22N2O4. The summed E-state index contributed by atoms with van der Waals surface area (Å²) in [6, 6.07) is 5.59. The summed E-state index contributed by atoms with van der Waals surface area (Å²) in [5.74, 6) is -1.68. The van der Waals surface area contributed by atoms with Gasteiger partial charge in [0.2, 0.25) is 5.91 Å². The molecule has 6 heteroatoms. The van der Waals surface area contributed by atoms with Gasteiger partial charge in [0.1, 0.15) is 6.04 Å². The van der Waals surface area contributed by atoms with Gasteiger partial charge < -0.3 is 15.7 Å². The molecule has 1 saturated carbocycles. The second kappa shape index (κ2) is 7.76. The summed E-state index contributed by atoms with van der Waals surface area (Å²) in [6.45, 7) is 1.39. The SMILES string of the molecule is CC(=O)Nc1cccc(C(=O)N[C@@H](C(=O)O)C2CCCCC2)c1. The van der Waals surface area contributed by atoms with Crippen LogP contribution >= 0.6 is 0 Å². The molecule has 0 bridgehead atoms. The Hall–Kier alpha value is -2.37. The molecule has 1 aromatic carbocycles. The maximum Gasteiger partial charge on any atom is 0.326 e. The maximum absolute atomic E-state index is 12.4. The topological polar surface area (TPSA) is 95.5 Å². The van der Waals surface area contributed by atoms with Crippen LogP contribution in [0.4, 0.5) is 5.69 Å². The Morgan fingerprint density at radius 1 is 1.17 bits per heavy atom. The van der Waals surface area contributed by atoms with E-state index in [4.69, 9.17) is 0 Å². The van der Waals surface area contributed by atoms with Gasteiger partial charge in [0.15, 0.2) is 0 Å². The highest BCUT2D eigenvalue weighted by Crippen LogP contribution is 2.27. The summed E-state index contributed by atoms with van der Waals surface area (Å²) in [5, 5.41) is 14.7. The molecule has 0 radical (unpaired) electrons.